The van der Waals surface area contributed by atoms with E-state index in [1.165, 1.54) is 14.2 Å². The summed E-state index contributed by atoms with van der Waals surface area (Å²) in [6, 6.07) is 7.64. The summed E-state index contributed by atoms with van der Waals surface area (Å²) >= 11 is 3.38. The summed E-state index contributed by atoms with van der Waals surface area (Å²) in [5.74, 6) is 4.95. The highest BCUT2D eigenvalue weighted by molar-refractivity contribution is 9.10. The molecule has 1 aromatic carbocycles. The summed E-state index contributed by atoms with van der Waals surface area (Å²) in [4.78, 5) is 24.0. The zero-order valence-electron chi connectivity index (χ0n) is 13.2. The number of methoxy groups -OCH3 is 2. The summed E-state index contributed by atoms with van der Waals surface area (Å²) in [6.07, 6.45) is -0.473. The van der Waals surface area contributed by atoms with Crippen LogP contribution in [0.5, 0.6) is 0 Å². The van der Waals surface area contributed by atoms with E-state index >= 15 is 0 Å². The van der Waals surface area contributed by atoms with E-state index in [9.17, 15) is 9.59 Å². The Balaban J connectivity index is 1.88. The first-order chi connectivity index (χ1) is 11.5. The minimum Gasteiger partial charge on any atom is -0.466 e. The molecule has 24 heavy (non-hydrogen) atoms. The van der Waals surface area contributed by atoms with Gasteiger partial charge in [-0.25, -0.2) is 9.59 Å². The number of halogens is 1. The van der Waals surface area contributed by atoms with Crippen LogP contribution in [0.25, 0.3) is 0 Å². The number of carbonyl (C=O) groups is 2. The van der Waals surface area contributed by atoms with E-state index in [0.29, 0.717) is 6.42 Å². The largest absolute Gasteiger partial charge is 0.466 e. The molecule has 0 aliphatic carbocycles. The Hall–Kier alpha value is -2.10. The van der Waals surface area contributed by atoms with Crippen molar-refractivity contribution in [3.8, 4) is 11.8 Å². The first kappa shape index (κ1) is 16.7. The van der Waals surface area contributed by atoms with Crippen molar-refractivity contribution < 1.29 is 23.8 Å². The predicted octanol–water partition coefficient (Wildman–Crippen LogP) is 2.23. The molecule has 0 saturated carbocycles. The van der Waals surface area contributed by atoms with Gasteiger partial charge in [0.25, 0.3) is 0 Å². The monoisotopic (exact) mass is 390 g/mol. The van der Waals surface area contributed by atoms with Gasteiger partial charge in [0.05, 0.1) is 37.4 Å². The van der Waals surface area contributed by atoms with Gasteiger partial charge >= 0.3 is 11.9 Å². The summed E-state index contributed by atoms with van der Waals surface area (Å²) < 4.78 is 16.3. The SMILES string of the molecule is COC(=O)C1=C(C(=O)OC)C2OC1CC2C#Cc1ccc(Br)cc1. The fourth-order valence-corrected chi connectivity index (χ4v) is 3.26. The van der Waals surface area contributed by atoms with Crippen molar-refractivity contribution in [3.63, 3.8) is 0 Å². The molecule has 1 fully saturated rings. The van der Waals surface area contributed by atoms with Crippen LogP contribution >= 0.6 is 15.9 Å². The molecule has 6 heteroatoms. The lowest BCUT2D eigenvalue weighted by atomic mass is 9.84. The van der Waals surface area contributed by atoms with Gasteiger partial charge in [0, 0.05) is 10.0 Å². The Morgan fingerprint density at radius 1 is 1.12 bits per heavy atom. The second-order valence-corrected chi connectivity index (χ2v) is 6.39. The van der Waals surface area contributed by atoms with Crippen molar-refractivity contribution >= 4 is 27.9 Å². The van der Waals surface area contributed by atoms with Crippen LogP contribution in [0.3, 0.4) is 0 Å². The van der Waals surface area contributed by atoms with Crippen molar-refractivity contribution in [2.45, 2.75) is 18.6 Å². The quantitative estimate of drug-likeness (QED) is 0.572. The van der Waals surface area contributed by atoms with Gasteiger partial charge < -0.3 is 14.2 Å². The number of ether oxygens (including phenoxy) is 3. The van der Waals surface area contributed by atoms with Gasteiger partial charge in [-0.15, -0.1) is 0 Å². The minimum absolute atomic E-state index is 0.166. The maximum absolute atomic E-state index is 12.1. The van der Waals surface area contributed by atoms with Gasteiger partial charge in [-0.3, -0.25) is 0 Å². The topological polar surface area (TPSA) is 61.8 Å². The van der Waals surface area contributed by atoms with Crippen LogP contribution < -0.4 is 0 Å². The van der Waals surface area contributed by atoms with Crippen molar-refractivity contribution in [1.29, 1.82) is 0 Å². The molecule has 1 saturated heterocycles. The van der Waals surface area contributed by atoms with E-state index in [1.54, 1.807) is 0 Å². The number of hydrogen-bond donors (Lipinski definition) is 0. The second kappa shape index (κ2) is 6.80. The molecule has 2 aliphatic rings. The first-order valence-electron chi connectivity index (χ1n) is 7.38. The average Bonchev–Trinajstić information content (AvgIpc) is 3.17. The van der Waals surface area contributed by atoms with Gasteiger partial charge in [-0.2, -0.15) is 0 Å². The highest BCUT2D eigenvalue weighted by atomic mass is 79.9. The lowest BCUT2D eigenvalue weighted by Gasteiger charge is -2.17. The van der Waals surface area contributed by atoms with Crippen LogP contribution in [-0.2, 0) is 23.8 Å². The van der Waals surface area contributed by atoms with E-state index in [4.69, 9.17) is 14.2 Å². The zero-order valence-corrected chi connectivity index (χ0v) is 14.8. The third-order valence-electron chi connectivity index (χ3n) is 4.10. The van der Waals surface area contributed by atoms with Gasteiger partial charge in [0.15, 0.2) is 0 Å². The maximum Gasteiger partial charge on any atom is 0.337 e. The van der Waals surface area contributed by atoms with Gasteiger partial charge in [0.2, 0.25) is 0 Å². The lowest BCUT2D eigenvalue weighted by Crippen LogP contribution is -2.28. The molecule has 1 aromatic rings. The summed E-state index contributed by atoms with van der Waals surface area (Å²) in [5.41, 5.74) is 1.37. The number of carbonyl (C=O) groups excluding carboxylic acids is 2. The molecule has 5 nitrogen and oxygen atoms in total. The van der Waals surface area contributed by atoms with E-state index in [2.05, 4.69) is 27.8 Å². The van der Waals surface area contributed by atoms with Crippen LogP contribution in [0.2, 0.25) is 0 Å². The van der Waals surface area contributed by atoms with Crippen molar-refractivity contribution in [2.24, 2.45) is 5.92 Å². The van der Waals surface area contributed by atoms with Crippen LogP contribution in [0.15, 0.2) is 39.9 Å². The first-order valence-corrected chi connectivity index (χ1v) is 8.17. The van der Waals surface area contributed by atoms with E-state index in [-0.39, 0.29) is 17.1 Å². The maximum atomic E-state index is 12.1. The Kier molecular flexibility index (Phi) is 4.74. The molecule has 3 rings (SSSR count). The Morgan fingerprint density at radius 2 is 1.75 bits per heavy atom. The normalized spacial score (nSPS) is 24.4. The van der Waals surface area contributed by atoms with Crippen molar-refractivity contribution in [3.05, 3.63) is 45.4 Å². The molecule has 2 aliphatic heterocycles. The predicted molar refractivity (Wildman–Crippen MR) is 88.8 cm³/mol. The number of rotatable bonds is 2. The van der Waals surface area contributed by atoms with Gasteiger partial charge in [-0.1, -0.05) is 27.8 Å². The summed E-state index contributed by atoms with van der Waals surface area (Å²) in [6.45, 7) is 0. The summed E-state index contributed by atoms with van der Waals surface area (Å²) in [7, 11) is 2.56. The van der Waals surface area contributed by atoms with Crippen LogP contribution in [0, 0.1) is 17.8 Å². The fourth-order valence-electron chi connectivity index (χ4n) is 2.99. The molecule has 0 aromatic heterocycles. The number of hydrogen-bond acceptors (Lipinski definition) is 5. The minimum atomic E-state index is -0.571. The lowest BCUT2D eigenvalue weighted by molar-refractivity contribution is -0.139. The molecule has 2 heterocycles. The highest BCUT2D eigenvalue weighted by Crippen LogP contribution is 2.43. The molecule has 2 bridgehead atoms. The van der Waals surface area contributed by atoms with Gasteiger partial charge in [-0.05, 0) is 30.7 Å². The molecule has 0 radical (unpaired) electrons. The van der Waals surface area contributed by atoms with Crippen LogP contribution in [-0.4, -0.2) is 38.4 Å². The standard InChI is InChI=1S/C18H15BrO5/c1-22-17(20)14-13-9-11(16(24-13)15(14)18(21)23-2)6-3-10-4-7-12(19)8-5-10/h4-5,7-8,11,13,16H,9H2,1-2H3. The Labute approximate surface area is 148 Å². The van der Waals surface area contributed by atoms with Crippen LogP contribution in [0.1, 0.15) is 12.0 Å². The van der Waals surface area contributed by atoms with E-state index in [0.717, 1.165) is 10.0 Å². The smallest absolute Gasteiger partial charge is 0.337 e. The summed E-state index contributed by atoms with van der Waals surface area (Å²) in [5, 5.41) is 0. The molecule has 124 valence electrons. The Morgan fingerprint density at radius 3 is 2.38 bits per heavy atom. The van der Waals surface area contributed by atoms with Crippen molar-refractivity contribution in [1.82, 2.24) is 0 Å². The molecule has 0 N–H and O–H groups in total. The average molecular weight is 391 g/mol. The molecule has 3 atom stereocenters. The fraction of sp³-hybridized carbons (Fsp3) is 0.333. The number of fused-ring (bicyclic) bond motifs is 2. The number of esters is 2. The third-order valence-corrected chi connectivity index (χ3v) is 4.63. The van der Waals surface area contributed by atoms with Gasteiger partial charge in [0.1, 0.15) is 6.10 Å². The molecule has 0 amide bonds. The second-order valence-electron chi connectivity index (χ2n) is 5.47. The zero-order chi connectivity index (χ0) is 17.3. The van der Waals surface area contributed by atoms with Crippen molar-refractivity contribution in [2.75, 3.05) is 14.2 Å². The Bertz CT molecular complexity index is 769. The molecular weight excluding hydrogens is 376 g/mol. The molecule has 0 spiro atoms. The third kappa shape index (κ3) is 2.97. The number of benzene rings is 1. The van der Waals surface area contributed by atoms with E-state index in [1.807, 2.05) is 24.3 Å². The molecule has 3 unspecified atom stereocenters. The van der Waals surface area contributed by atoms with Crippen LogP contribution in [0.4, 0.5) is 0 Å². The highest BCUT2D eigenvalue weighted by Gasteiger charge is 2.51. The van der Waals surface area contributed by atoms with E-state index < -0.39 is 24.1 Å². The molecular formula is C18H15BrO5.